The highest BCUT2D eigenvalue weighted by Crippen LogP contribution is 2.37. The normalized spacial score (nSPS) is 20.0. The zero-order chi connectivity index (χ0) is 17.7. The summed E-state index contributed by atoms with van der Waals surface area (Å²) in [5, 5.41) is 9.35. The number of pyridine rings is 1. The van der Waals surface area contributed by atoms with E-state index in [0.29, 0.717) is 30.0 Å². The van der Waals surface area contributed by atoms with Crippen molar-refractivity contribution >= 4 is 16.9 Å². The van der Waals surface area contributed by atoms with Crippen LogP contribution in [-0.2, 0) is 6.54 Å². The van der Waals surface area contributed by atoms with Crippen molar-refractivity contribution in [3.63, 3.8) is 0 Å². The van der Waals surface area contributed by atoms with Gasteiger partial charge in [-0.2, -0.15) is 0 Å². The maximum absolute atomic E-state index is 14.8. The minimum atomic E-state index is -1.31. The summed E-state index contributed by atoms with van der Waals surface area (Å²) in [6.45, 7) is 4.44. The average Bonchev–Trinajstić information content (AvgIpc) is 3.08. The number of halogens is 1. The zero-order valence-corrected chi connectivity index (χ0v) is 13.9. The summed E-state index contributed by atoms with van der Waals surface area (Å²) in [6.07, 6.45) is 3.53. The van der Waals surface area contributed by atoms with Gasteiger partial charge < -0.3 is 14.4 Å². The summed E-state index contributed by atoms with van der Waals surface area (Å²) >= 11 is 0. The van der Waals surface area contributed by atoms with Gasteiger partial charge in [-0.25, -0.2) is 9.18 Å². The number of likely N-dealkylation sites (tertiary alicyclic amines) is 1. The molecule has 1 aromatic carbocycles. The lowest BCUT2D eigenvalue weighted by molar-refractivity contribution is 0.0694. The summed E-state index contributed by atoms with van der Waals surface area (Å²) in [7, 11) is 0. The van der Waals surface area contributed by atoms with Crippen LogP contribution in [0.4, 0.5) is 4.39 Å². The Bertz CT molecular complexity index is 931. The van der Waals surface area contributed by atoms with Crippen LogP contribution in [0.1, 0.15) is 41.7 Å². The van der Waals surface area contributed by atoms with Crippen molar-refractivity contribution in [1.82, 2.24) is 9.47 Å². The van der Waals surface area contributed by atoms with Gasteiger partial charge >= 0.3 is 5.97 Å². The van der Waals surface area contributed by atoms with E-state index in [4.69, 9.17) is 4.74 Å². The number of hydrogen-bond acceptors (Lipinski definition) is 4. The Morgan fingerprint density at radius 2 is 2.12 bits per heavy atom. The molecule has 132 valence electrons. The van der Waals surface area contributed by atoms with Crippen molar-refractivity contribution < 1.29 is 19.0 Å². The van der Waals surface area contributed by atoms with Gasteiger partial charge in [-0.3, -0.25) is 9.69 Å². The molecule has 0 unspecified atom stereocenters. The smallest absolute Gasteiger partial charge is 0.341 e. The highest BCUT2D eigenvalue weighted by atomic mass is 19.1. The van der Waals surface area contributed by atoms with Crippen LogP contribution in [0.2, 0.25) is 0 Å². The standard InChI is InChI=1S/C18H19FN2O4/c1-10-9-25-17-12(7-20-4-2-3-5-20)14(19)6-11-15(17)21(10)8-13(16(11)22)18(23)24/h6,8,10H,2-5,7,9H2,1H3,(H,23,24)/t10-/m0/s1. The van der Waals surface area contributed by atoms with E-state index in [1.165, 1.54) is 6.20 Å². The molecule has 0 saturated carbocycles. The molecule has 0 bridgehead atoms. The van der Waals surface area contributed by atoms with Crippen molar-refractivity contribution in [3.8, 4) is 5.75 Å². The van der Waals surface area contributed by atoms with E-state index in [1.54, 1.807) is 4.57 Å². The number of carboxylic acids is 1. The quantitative estimate of drug-likeness (QED) is 0.924. The lowest BCUT2D eigenvalue weighted by Gasteiger charge is -2.29. The Morgan fingerprint density at radius 3 is 2.80 bits per heavy atom. The summed E-state index contributed by atoms with van der Waals surface area (Å²) < 4.78 is 22.3. The molecule has 0 aliphatic carbocycles. The highest BCUT2D eigenvalue weighted by molar-refractivity contribution is 5.95. The second-order valence-electron chi connectivity index (χ2n) is 6.79. The van der Waals surface area contributed by atoms with Gasteiger partial charge in [0.1, 0.15) is 18.0 Å². The second kappa shape index (κ2) is 5.84. The number of aromatic carboxylic acids is 1. The molecule has 0 spiro atoms. The summed E-state index contributed by atoms with van der Waals surface area (Å²) in [4.78, 5) is 26.0. The van der Waals surface area contributed by atoms with Crippen molar-refractivity contribution in [1.29, 1.82) is 0 Å². The molecule has 1 atom stereocenters. The van der Waals surface area contributed by atoms with Gasteiger partial charge in [-0.15, -0.1) is 0 Å². The van der Waals surface area contributed by atoms with Gasteiger partial charge in [0.25, 0.3) is 0 Å². The topological polar surface area (TPSA) is 71.8 Å². The van der Waals surface area contributed by atoms with E-state index in [-0.39, 0.29) is 17.0 Å². The first-order chi connectivity index (χ1) is 12.0. The molecule has 2 aromatic rings. The van der Waals surface area contributed by atoms with Gasteiger partial charge in [0.15, 0.2) is 5.75 Å². The summed E-state index contributed by atoms with van der Waals surface area (Å²) in [5.41, 5.74) is -0.0925. The zero-order valence-electron chi connectivity index (χ0n) is 13.9. The van der Waals surface area contributed by atoms with Crippen molar-refractivity contribution in [2.24, 2.45) is 0 Å². The maximum atomic E-state index is 14.8. The lowest BCUT2D eigenvalue weighted by Crippen LogP contribution is -2.28. The third-order valence-electron chi connectivity index (χ3n) is 5.07. The number of nitrogens with zero attached hydrogens (tertiary/aromatic N) is 2. The van der Waals surface area contributed by atoms with Crippen LogP contribution in [0.25, 0.3) is 10.9 Å². The molecule has 0 radical (unpaired) electrons. The Balaban J connectivity index is 1.99. The molecule has 3 heterocycles. The molecule has 25 heavy (non-hydrogen) atoms. The molecule has 2 aliphatic heterocycles. The van der Waals surface area contributed by atoms with E-state index in [2.05, 4.69) is 4.90 Å². The third-order valence-corrected chi connectivity index (χ3v) is 5.07. The summed E-state index contributed by atoms with van der Waals surface area (Å²) in [6, 6.07) is 1.02. The number of aromatic nitrogens is 1. The fourth-order valence-electron chi connectivity index (χ4n) is 3.74. The first-order valence-corrected chi connectivity index (χ1v) is 8.46. The van der Waals surface area contributed by atoms with Crippen LogP contribution >= 0.6 is 0 Å². The van der Waals surface area contributed by atoms with Gasteiger partial charge in [-0.1, -0.05) is 0 Å². The number of ether oxygens (including phenoxy) is 1. The lowest BCUT2D eigenvalue weighted by atomic mass is 10.0. The van der Waals surface area contributed by atoms with E-state index in [1.807, 2.05) is 6.92 Å². The van der Waals surface area contributed by atoms with E-state index < -0.39 is 17.2 Å². The minimum absolute atomic E-state index is 0.0594. The van der Waals surface area contributed by atoms with Crippen LogP contribution in [0.5, 0.6) is 5.75 Å². The van der Waals surface area contributed by atoms with E-state index in [0.717, 1.165) is 32.0 Å². The predicted octanol–water partition coefficient (Wildman–Crippen LogP) is 2.39. The molecular formula is C18H19FN2O4. The Hall–Kier alpha value is -2.41. The molecule has 1 aromatic heterocycles. The third kappa shape index (κ3) is 2.50. The average molecular weight is 346 g/mol. The molecule has 2 aliphatic rings. The van der Waals surface area contributed by atoms with E-state index >= 15 is 0 Å². The molecule has 1 N–H and O–H groups in total. The largest absolute Gasteiger partial charge is 0.489 e. The molecule has 6 nitrogen and oxygen atoms in total. The monoisotopic (exact) mass is 346 g/mol. The van der Waals surface area contributed by atoms with Gasteiger partial charge in [0, 0.05) is 18.3 Å². The molecule has 1 saturated heterocycles. The van der Waals surface area contributed by atoms with Gasteiger partial charge in [0.2, 0.25) is 5.43 Å². The number of benzene rings is 1. The fourth-order valence-corrected chi connectivity index (χ4v) is 3.74. The molecular weight excluding hydrogens is 327 g/mol. The van der Waals surface area contributed by atoms with Crippen molar-refractivity contribution in [3.05, 3.63) is 39.4 Å². The van der Waals surface area contributed by atoms with Crippen molar-refractivity contribution in [2.75, 3.05) is 19.7 Å². The van der Waals surface area contributed by atoms with Crippen LogP contribution in [0.3, 0.4) is 0 Å². The molecule has 4 rings (SSSR count). The van der Waals surface area contributed by atoms with Crippen LogP contribution in [0.15, 0.2) is 17.1 Å². The first-order valence-electron chi connectivity index (χ1n) is 8.46. The number of hydrogen-bond donors (Lipinski definition) is 1. The predicted molar refractivity (Wildman–Crippen MR) is 89.8 cm³/mol. The van der Waals surface area contributed by atoms with Crippen LogP contribution in [-0.4, -0.2) is 40.2 Å². The molecule has 0 amide bonds. The van der Waals surface area contributed by atoms with Crippen LogP contribution < -0.4 is 10.2 Å². The first kappa shape index (κ1) is 16.1. The minimum Gasteiger partial charge on any atom is -0.489 e. The number of carbonyl (C=O) groups is 1. The Kier molecular flexibility index (Phi) is 3.76. The Morgan fingerprint density at radius 1 is 1.40 bits per heavy atom. The fraction of sp³-hybridized carbons (Fsp3) is 0.444. The Labute approximate surface area is 143 Å². The van der Waals surface area contributed by atoms with E-state index in [9.17, 15) is 19.1 Å². The SMILES string of the molecule is C[C@H]1COc2c(CN3CCCC3)c(F)cc3c(=O)c(C(=O)O)cn1c23. The van der Waals surface area contributed by atoms with Crippen LogP contribution in [0, 0.1) is 5.82 Å². The summed E-state index contributed by atoms with van der Waals surface area (Å²) in [5.74, 6) is -1.46. The molecule has 7 heteroatoms. The number of rotatable bonds is 3. The van der Waals surface area contributed by atoms with Crippen molar-refractivity contribution in [2.45, 2.75) is 32.4 Å². The number of carboxylic acid groups (broad SMARTS) is 1. The molecule has 1 fully saturated rings. The maximum Gasteiger partial charge on any atom is 0.341 e. The second-order valence-corrected chi connectivity index (χ2v) is 6.79. The van der Waals surface area contributed by atoms with Gasteiger partial charge in [0.05, 0.1) is 16.9 Å². The highest BCUT2D eigenvalue weighted by Gasteiger charge is 2.28. The van der Waals surface area contributed by atoms with Gasteiger partial charge in [-0.05, 0) is 38.9 Å².